The third-order valence-electron chi connectivity index (χ3n) is 2.75. The summed E-state index contributed by atoms with van der Waals surface area (Å²) in [6.45, 7) is 6.40. The molecule has 13 heavy (non-hydrogen) atoms. The lowest BCUT2D eigenvalue weighted by Crippen LogP contribution is -2.14. The van der Waals surface area contributed by atoms with Gasteiger partial charge in [-0.3, -0.25) is 4.79 Å². The Kier molecular flexibility index (Phi) is 3.47. The number of hydrogen-bond donors (Lipinski definition) is 0. The zero-order valence-electron chi connectivity index (χ0n) is 8.76. The molecule has 0 saturated carbocycles. The van der Waals surface area contributed by atoms with Crippen molar-refractivity contribution >= 4 is 5.78 Å². The molecule has 1 unspecified atom stereocenters. The van der Waals surface area contributed by atoms with Gasteiger partial charge in [0, 0.05) is 5.57 Å². The number of ketones is 1. The number of hydrogen-bond acceptors (Lipinski definition) is 1. The quantitative estimate of drug-likeness (QED) is 0.593. The molecule has 72 valence electrons. The van der Waals surface area contributed by atoms with E-state index in [-0.39, 0.29) is 5.78 Å². The zero-order chi connectivity index (χ0) is 9.84. The van der Waals surface area contributed by atoms with Crippen LogP contribution in [0.4, 0.5) is 0 Å². The highest BCUT2D eigenvalue weighted by Crippen LogP contribution is 2.27. The minimum Gasteiger partial charge on any atom is -0.290 e. The molecular formula is C12H18O. The molecule has 0 aromatic rings. The molecule has 0 fully saturated rings. The van der Waals surface area contributed by atoms with Gasteiger partial charge in [-0.1, -0.05) is 32.4 Å². The molecule has 1 aliphatic carbocycles. The maximum atomic E-state index is 11.6. The van der Waals surface area contributed by atoms with Crippen molar-refractivity contribution in [2.75, 3.05) is 0 Å². The Morgan fingerprint density at radius 3 is 2.54 bits per heavy atom. The van der Waals surface area contributed by atoms with E-state index in [4.69, 9.17) is 0 Å². The van der Waals surface area contributed by atoms with E-state index in [1.165, 1.54) is 5.57 Å². The zero-order valence-corrected chi connectivity index (χ0v) is 8.76. The molecule has 0 heterocycles. The predicted molar refractivity (Wildman–Crippen MR) is 55.5 cm³/mol. The fourth-order valence-electron chi connectivity index (χ4n) is 1.98. The van der Waals surface area contributed by atoms with Gasteiger partial charge in [0.15, 0.2) is 5.78 Å². The molecule has 0 amide bonds. The third kappa shape index (κ3) is 2.09. The molecule has 0 aliphatic heterocycles. The van der Waals surface area contributed by atoms with Crippen LogP contribution in [0.15, 0.2) is 23.3 Å². The van der Waals surface area contributed by atoms with E-state index in [9.17, 15) is 4.79 Å². The van der Waals surface area contributed by atoms with Gasteiger partial charge in [-0.25, -0.2) is 0 Å². The Bertz CT molecular complexity index is 252. The highest BCUT2D eigenvalue weighted by atomic mass is 16.1. The highest BCUT2D eigenvalue weighted by Gasteiger charge is 2.20. The van der Waals surface area contributed by atoms with Crippen LogP contribution in [-0.2, 0) is 4.79 Å². The molecule has 1 atom stereocenters. The van der Waals surface area contributed by atoms with Crippen LogP contribution in [0.5, 0.6) is 0 Å². The van der Waals surface area contributed by atoms with E-state index in [0.717, 1.165) is 24.8 Å². The second kappa shape index (κ2) is 4.40. The fourth-order valence-corrected chi connectivity index (χ4v) is 1.98. The first kappa shape index (κ1) is 10.2. The molecule has 0 aromatic carbocycles. The third-order valence-corrected chi connectivity index (χ3v) is 2.75. The van der Waals surface area contributed by atoms with E-state index >= 15 is 0 Å². The summed E-state index contributed by atoms with van der Waals surface area (Å²) in [5, 5.41) is 0. The van der Waals surface area contributed by atoms with Crippen molar-refractivity contribution in [1.29, 1.82) is 0 Å². The Morgan fingerprint density at radius 2 is 2.08 bits per heavy atom. The molecule has 0 aromatic heterocycles. The molecule has 0 spiro atoms. The topological polar surface area (TPSA) is 17.1 Å². The highest BCUT2D eigenvalue weighted by molar-refractivity contribution is 6.05. The number of allylic oxidation sites excluding steroid dienone is 4. The summed E-state index contributed by atoms with van der Waals surface area (Å²) in [7, 11) is 0. The Balaban J connectivity index is 3.05. The first-order valence-corrected chi connectivity index (χ1v) is 5.13. The molecular weight excluding hydrogens is 160 g/mol. The number of rotatable bonds is 2. The van der Waals surface area contributed by atoms with Crippen LogP contribution in [0.25, 0.3) is 0 Å². The molecule has 1 heteroatoms. The SMILES string of the molecule is CCC(CC)=C1C(=O)C=CCC1C. The second-order valence-corrected chi connectivity index (χ2v) is 3.63. The van der Waals surface area contributed by atoms with Gasteiger partial charge in [-0.2, -0.15) is 0 Å². The van der Waals surface area contributed by atoms with Crippen molar-refractivity contribution in [2.45, 2.75) is 40.0 Å². The fraction of sp³-hybridized carbons (Fsp3) is 0.583. The van der Waals surface area contributed by atoms with Crippen LogP contribution < -0.4 is 0 Å². The Morgan fingerprint density at radius 1 is 1.46 bits per heavy atom. The Labute approximate surface area is 80.5 Å². The first-order valence-electron chi connectivity index (χ1n) is 5.13. The lowest BCUT2D eigenvalue weighted by molar-refractivity contribution is -0.112. The summed E-state index contributed by atoms with van der Waals surface area (Å²) >= 11 is 0. The molecule has 0 saturated heterocycles. The van der Waals surface area contributed by atoms with Crippen molar-refractivity contribution in [3.63, 3.8) is 0 Å². The van der Waals surface area contributed by atoms with Crippen molar-refractivity contribution < 1.29 is 4.79 Å². The van der Waals surface area contributed by atoms with Crippen LogP contribution in [0.2, 0.25) is 0 Å². The molecule has 0 bridgehead atoms. The summed E-state index contributed by atoms with van der Waals surface area (Å²) < 4.78 is 0. The summed E-state index contributed by atoms with van der Waals surface area (Å²) in [4.78, 5) is 11.6. The lowest BCUT2D eigenvalue weighted by Gasteiger charge is -2.19. The molecule has 1 rings (SSSR count). The van der Waals surface area contributed by atoms with Crippen LogP contribution in [0, 0.1) is 5.92 Å². The second-order valence-electron chi connectivity index (χ2n) is 3.63. The van der Waals surface area contributed by atoms with E-state index in [1.807, 2.05) is 6.08 Å². The van der Waals surface area contributed by atoms with E-state index in [1.54, 1.807) is 6.08 Å². The van der Waals surface area contributed by atoms with Gasteiger partial charge in [0.25, 0.3) is 0 Å². The minimum atomic E-state index is 0.234. The van der Waals surface area contributed by atoms with Crippen LogP contribution >= 0.6 is 0 Å². The monoisotopic (exact) mass is 178 g/mol. The van der Waals surface area contributed by atoms with Crippen LogP contribution in [0.1, 0.15) is 40.0 Å². The maximum absolute atomic E-state index is 11.6. The van der Waals surface area contributed by atoms with Gasteiger partial charge >= 0.3 is 0 Å². The van der Waals surface area contributed by atoms with Gasteiger partial charge < -0.3 is 0 Å². The van der Waals surface area contributed by atoms with E-state index < -0.39 is 0 Å². The standard InChI is InChI=1S/C12H18O/c1-4-10(5-2)12-9(3)7-6-8-11(12)13/h6,8-9H,4-5,7H2,1-3H3. The van der Waals surface area contributed by atoms with Crippen molar-refractivity contribution in [3.8, 4) is 0 Å². The van der Waals surface area contributed by atoms with Gasteiger partial charge in [-0.05, 0) is 31.3 Å². The lowest BCUT2D eigenvalue weighted by atomic mass is 9.84. The summed E-state index contributed by atoms with van der Waals surface area (Å²) in [6.07, 6.45) is 6.75. The number of carbonyl (C=O) groups excluding carboxylic acids is 1. The number of carbonyl (C=O) groups is 1. The van der Waals surface area contributed by atoms with Crippen molar-refractivity contribution in [2.24, 2.45) is 5.92 Å². The van der Waals surface area contributed by atoms with E-state index in [2.05, 4.69) is 20.8 Å². The van der Waals surface area contributed by atoms with Crippen molar-refractivity contribution in [3.05, 3.63) is 23.3 Å². The summed E-state index contributed by atoms with van der Waals surface area (Å²) in [5.74, 6) is 0.657. The van der Waals surface area contributed by atoms with Crippen LogP contribution in [-0.4, -0.2) is 5.78 Å². The molecule has 1 nitrogen and oxygen atoms in total. The van der Waals surface area contributed by atoms with Gasteiger partial charge in [0.2, 0.25) is 0 Å². The summed E-state index contributed by atoms with van der Waals surface area (Å²) in [5.41, 5.74) is 2.41. The normalized spacial score (nSPS) is 22.2. The average molecular weight is 178 g/mol. The first-order chi connectivity index (χ1) is 6.20. The predicted octanol–water partition coefficient (Wildman–Crippen LogP) is 3.27. The van der Waals surface area contributed by atoms with E-state index in [0.29, 0.717) is 5.92 Å². The molecule has 0 radical (unpaired) electrons. The smallest absolute Gasteiger partial charge is 0.181 e. The van der Waals surface area contributed by atoms with Gasteiger partial charge in [0.05, 0.1) is 0 Å². The minimum absolute atomic E-state index is 0.234. The summed E-state index contributed by atoms with van der Waals surface area (Å²) in [6, 6.07) is 0. The van der Waals surface area contributed by atoms with Gasteiger partial charge in [-0.15, -0.1) is 0 Å². The largest absolute Gasteiger partial charge is 0.290 e. The molecule has 1 aliphatic rings. The molecule has 0 N–H and O–H groups in total. The van der Waals surface area contributed by atoms with Crippen LogP contribution in [0.3, 0.4) is 0 Å². The average Bonchev–Trinajstić information content (AvgIpc) is 2.11. The van der Waals surface area contributed by atoms with Gasteiger partial charge in [0.1, 0.15) is 0 Å². The van der Waals surface area contributed by atoms with Crippen molar-refractivity contribution in [1.82, 2.24) is 0 Å². The maximum Gasteiger partial charge on any atom is 0.181 e. The Hall–Kier alpha value is -0.850.